The first-order chi connectivity index (χ1) is 9.47. The molecule has 1 amide bonds. The smallest absolute Gasteiger partial charge is 0.251 e. The molecule has 0 saturated carbocycles. The zero-order valence-electron chi connectivity index (χ0n) is 10.8. The highest BCUT2D eigenvalue weighted by Gasteiger charge is 2.13. The van der Waals surface area contributed by atoms with Crippen molar-refractivity contribution < 1.29 is 15.0 Å². The number of carbonyl (C=O) groups is 1. The summed E-state index contributed by atoms with van der Waals surface area (Å²) in [4.78, 5) is 12.0. The van der Waals surface area contributed by atoms with Gasteiger partial charge in [0.1, 0.15) is 0 Å². The van der Waals surface area contributed by atoms with Crippen molar-refractivity contribution in [2.75, 3.05) is 0 Å². The molecule has 0 saturated heterocycles. The minimum Gasteiger partial charge on any atom is -0.504 e. The van der Waals surface area contributed by atoms with Crippen LogP contribution in [0, 0.1) is 0 Å². The summed E-state index contributed by atoms with van der Waals surface area (Å²) in [6.45, 7) is 1.85. The van der Waals surface area contributed by atoms with Gasteiger partial charge in [0.15, 0.2) is 11.5 Å². The average molecular weight is 292 g/mol. The average Bonchev–Trinajstić information content (AvgIpc) is 2.42. The fourth-order valence-corrected chi connectivity index (χ4v) is 1.91. The minimum absolute atomic E-state index is 0.198. The molecule has 3 N–H and O–H groups in total. The molecular weight excluding hydrogens is 278 g/mol. The van der Waals surface area contributed by atoms with Gasteiger partial charge in [0, 0.05) is 10.6 Å². The summed E-state index contributed by atoms with van der Waals surface area (Å²) in [5.74, 6) is -0.910. The number of nitrogens with one attached hydrogen (secondary N) is 1. The van der Waals surface area contributed by atoms with Crippen LogP contribution in [0.1, 0.15) is 28.9 Å². The van der Waals surface area contributed by atoms with Crippen LogP contribution in [0.4, 0.5) is 0 Å². The first kappa shape index (κ1) is 14.2. The van der Waals surface area contributed by atoms with Gasteiger partial charge in [0.05, 0.1) is 6.04 Å². The van der Waals surface area contributed by atoms with Gasteiger partial charge >= 0.3 is 0 Å². The second-order valence-corrected chi connectivity index (χ2v) is 4.89. The van der Waals surface area contributed by atoms with E-state index < -0.39 is 0 Å². The molecule has 4 nitrogen and oxygen atoms in total. The summed E-state index contributed by atoms with van der Waals surface area (Å²) >= 11 is 5.81. The standard InChI is InChI=1S/C15H14ClNO3/c1-9(10-2-5-12(16)6-3-10)17-15(20)11-4-7-13(18)14(19)8-11/h2-9,18-19H,1H3,(H,17,20). The summed E-state index contributed by atoms with van der Waals surface area (Å²) in [6.07, 6.45) is 0. The molecule has 0 heterocycles. The molecule has 1 atom stereocenters. The molecule has 0 bridgehead atoms. The number of phenols is 2. The van der Waals surface area contributed by atoms with Gasteiger partial charge in [-0.1, -0.05) is 23.7 Å². The van der Waals surface area contributed by atoms with Crippen molar-refractivity contribution >= 4 is 17.5 Å². The van der Waals surface area contributed by atoms with Crippen LogP contribution in [0.2, 0.25) is 5.02 Å². The van der Waals surface area contributed by atoms with Crippen molar-refractivity contribution in [1.82, 2.24) is 5.32 Å². The van der Waals surface area contributed by atoms with Crippen LogP contribution >= 0.6 is 11.6 Å². The maximum Gasteiger partial charge on any atom is 0.251 e. The number of rotatable bonds is 3. The monoisotopic (exact) mass is 291 g/mol. The molecule has 0 aromatic heterocycles. The number of carbonyl (C=O) groups excluding carboxylic acids is 1. The molecule has 0 aliphatic carbocycles. The molecule has 0 spiro atoms. The van der Waals surface area contributed by atoms with Crippen molar-refractivity contribution in [3.63, 3.8) is 0 Å². The molecular formula is C15H14ClNO3. The molecule has 104 valence electrons. The molecule has 0 aliphatic heterocycles. The summed E-state index contributed by atoms with van der Waals surface area (Å²) in [7, 11) is 0. The first-order valence-electron chi connectivity index (χ1n) is 6.05. The molecule has 2 aromatic rings. The van der Waals surface area contributed by atoms with Gasteiger partial charge in [-0.3, -0.25) is 4.79 Å². The van der Waals surface area contributed by atoms with E-state index in [-0.39, 0.29) is 29.0 Å². The van der Waals surface area contributed by atoms with E-state index in [0.717, 1.165) is 5.56 Å². The van der Waals surface area contributed by atoms with Crippen LogP contribution < -0.4 is 5.32 Å². The molecule has 1 unspecified atom stereocenters. The van der Waals surface area contributed by atoms with E-state index in [2.05, 4.69) is 5.32 Å². The fraction of sp³-hybridized carbons (Fsp3) is 0.133. The van der Waals surface area contributed by atoms with Gasteiger partial charge in [0.25, 0.3) is 5.91 Å². The van der Waals surface area contributed by atoms with E-state index in [4.69, 9.17) is 11.6 Å². The molecule has 2 aromatic carbocycles. The Morgan fingerprint density at radius 2 is 1.75 bits per heavy atom. The summed E-state index contributed by atoms with van der Waals surface area (Å²) < 4.78 is 0. The maximum absolute atomic E-state index is 12.0. The van der Waals surface area contributed by atoms with Crippen LogP contribution in [0.3, 0.4) is 0 Å². The van der Waals surface area contributed by atoms with Crippen molar-refractivity contribution in [3.8, 4) is 11.5 Å². The number of hydrogen-bond acceptors (Lipinski definition) is 3. The largest absolute Gasteiger partial charge is 0.504 e. The third-order valence-corrected chi connectivity index (χ3v) is 3.21. The Kier molecular flexibility index (Phi) is 4.15. The van der Waals surface area contributed by atoms with Gasteiger partial charge in [-0.2, -0.15) is 0 Å². The highest BCUT2D eigenvalue weighted by Crippen LogP contribution is 2.25. The maximum atomic E-state index is 12.0. The Morgan fingerprint density at radius 1 is 1.10 bits per heavy atom. The predicted molar refractivity (Wildman–Crippen MR) is 77.1 cm³/mol. The van der Waals surface area contributed by atoms with E-state index >= 15 is 0 Å². The normalized spacial score (nSPS) is 11.9. The van der Waals surface area contributed by atoms with E-state index in [1.54, 1.807) is 12.1 Å². The number of phenolic OH excluding ortho intramolecular Hbond substituents is 2. The lowest BCUT2D eigenvalue weighted by Gasteiger charge is -2.14. The number of aromatic hydroxyl groups is 2. The van der Waals surface area contributed by atoms with Crippen LogP contribution in [0.25, 0.3) is 0 Å². The fourth-order valence-electron chi connectivity index (χ4n) is 1.78. The van der Waals surface area contributed by atoms with Gasteiger partial charge in [-0.15, -0.1) is 0 Å². The van der Waals surface area contributed by atoms with E-state index in [1.807, 2.05) is 19.1 Å². The lowest BCUT2D eigenvalue weighted by atomic mass is 10.1. The van der Waals surface area contributed by atoms with Gasteiger partial charge < -0.3 is 15.5 Å². The topological polar surface area (TPSA) is 69.6 Å². The summed E-state index contributed by atoms with van der Waals surface area (Å²) in [5.41, 5.74) is 1.20. The molecule has 0 fully saturated rings. The minimum atomic E-state index is -0.331. The van der Waals surface area contributed by atoms with Crippen molar-refractivity contribution in [2.24, 2.45) is 0 Å². The molecule has 0 radical (unpaired) electrons. The Balaban J connectivity index is 2.10. The quantitative estimate of drug-likeness (QED) is 0.760. The van der Waals surface area contributed by atoms with Crippen molar-refractivity contribution in [3.05, 3.63) is 58.6 Å². The van der Waals surface area contributed by atoms with Gasteiger partial charge in [0.2, 0.25) is 0 Å². The Labute approximate surface area is 121 Å². The number of halogens is 1. The highest BCUT2D eigenvalue weighted by molar-refractivity contribution is 6.30. The van der Waals surface area contributed by atoms with E-state index in [1.165, 1.54) is 18.2 Å². The third kappa shape index (κ3) is 3.22. The summed E-state index contributed by atoms with van der Waals surface area (Å²) in [6, 6.07) is 10.9. The van der Waals surface area contributed by atoms with Crippen molar-refractivity contribution in [1.29, 1.82) is 0 Å². The SMILES string of the molecule is CC(NC(=O)c1ccc(O)c(O)c1)c1ccc(Cl)cc1. The zero-order valence-corrected chi connectivity index (χ0v) is 11.6. The van der Waals surface area contributed by atoms with E-state index in [9.17, 15) is 15.0 Å². The van der Waals surface area contributed by atoms with Crippen molar-refractivity contribution in [2.45, 2.75) is 13.0 Å². The summed E-state index contributed by atoms with van der Waals surface area (Å²) in [5, 5.41) is 22.0. The van der Waals surface area contributed by atoms with Crippen LogP contribution in [-0.4, -0.2) is 16.1 Å². The zero-order chi connectivity index (χ0) is 14.7. The third-order valence-electron chi connectivity index (χ3n) is 2.96. The Hall–Kier alpha value is -2.20. The number of benzene rings is 2. The van der Waals surface area contributed by atoms with Crippen LogP contribution in [-0.2, 0) is 0 Å². The lowest BCUT2D eigenvalue weighted by Crippen LogP contribution is -2.26. The lowest BCUT2D eigenvalue weighted by molar-refractivity contribution is 0.0939. The second-order valence-electron chi connectivity index (χ2n) is 4.45. The molecule has 2 rings (SSSR count). The number of hydrogen-bond donors (Lipinski definition) is 3. The molecule has 0 aliphatic rings. The first-order valence-corrected chi connectivity index (χ1v) is 6.43. The molecule has 5 heteroatoms. The van der Waals surface area contributed by atoms with Gasteiger partial charge in [-0.05, 0) is 42.8 Å². The van der Waals surface area contributed by atoms with E-state index in [0.29, 0.717) is 5.02 Å². The Bertz CT molecular complexity index is 626. The van der Waals surface area contributed by atoms with Crippen LogP contribution in [0.5, 0.6) is 11.5 Å². The predicted octanol–water partition coefficient (Wildman–Crippen LogP) is 3.24. The number of amides is 1. The molecule has 20 heavy (non-hydrogen) atoms. The van der Waals surface area contributed by atoms with Gasteiger partial charge in [-0.25, -0.2) is 0 Å². The Morgan fingerprint density at radius 3 is 2.35 bits per heavy atom. The van der Waals surface area contributed by atoms with Crippen LogP contribution in [0.15, 0.2) is 42.5 Å². The highest BCUT2D eigenvalue weighted by atomic mass is 35.5. The second kappa shape index (κ2) is 5.84.